The molecule has 2 aromatic rings. The summed E-state index contributed by atoms with van der Waals surface area (Å²) in [5, 5.41) is 8.54. The molecule has 7 heteroatoms. The fourth-order valence-electron chi connectivity index (χ4n) is 2.98. The number of hydrogen-bond acceptors (Lipinski definition) is 6. The first-order valence-corrected chi connectivity index (χ1v) is 9.65. The highest BCUT2D eigenvalue weighted by Crippen LogP contribution is 2.31. The number of ether oxygens (including phenoxy) is 1. The molecule has 1 aromatic heterocycles. The predicted octanol–water partition coefficient (Wildman–Crippen LogP) is 3.63. The van der Waals surface area contributed by atoms with Crippen LogP contribution in [0.2, 0.25) is 0 Å². The number of para-hydroxylation sites is 1. The van der Waals surface area contributed by atoms with Crippen molar-refractivity contribution in [2.45, 2.75) is 44.4 Å². The Morgan fingerprint density at radius 1 is 1.36 bits per heavy atom. The molecule has 25 heavy (non-hydrogen) atoms. The van der Waals surface area contributed by atoms with Gasteiger partial charge in [0.25, 0.3) is 11.1 Å². The lowest BCUT2D eigenvalue weighted by Crippen LogP contribution is -2.42. The number of thioether (sulfide) groups is 1. The van der Waals surface area contributed by atoms with E-state index in [-0.39, 0.29) is 5.91 Å². The van der Waals surface area contributed by atoms with Gasteiger partial charge >= 0.3 is 0 Å². The smallest absolute Gasteiger partial charge is 0.277 e. The van der Waals surface area contributed by atoms with Crippen LogP contribution in [0.1, 0.15) is 33.1 Å². The molecule has 0 aliphatic carbocycles. The number of amides is 1. The first kappa shape index (κ1) is 17.8. The van der Waals surface area contributed by atoms with E-state index in [1.165, 1.54) is 18.2 Å². The molecule has 1 unspecified atom stereocenters. The normalized spacial score (nSPS) is 17.5. The van der Waals surface area contributed by atoms with Crippen LogP contribution in [0.15, 0.2) is 33.9 Å². The summed E-state index contributed by atoms with van der Waals surface area (Å²) >= 11 is 1.29. The van der Waals surface area contributed by atoms with E-state index in [0.29, 0.717) is 35.3 Å². The van der Waals surface area contributed by atoms with E-state index < -0.39 is 0 Å². The van der Waals surface area contributed by atoms with Crippen molar-refractivity contribution in [3.05, 3.63) is 24.3 Å². The molecule has 0 radical (unpaired) electrons. The molecule has 6 nitrogen and oxygen atoms in total. The number of nitrogens with zero attached hydrogens (tertiary/aromatic N) is 3. The summed E-state index contributed by atoms with van der Waals surface area (Å²) in [6, 6.07) is 7.87. The van der Waals surface area contributed by atoms with Crippen molar-refractivity contribution < 1.29 is 13.9 Å². The summed E-state index contributed by atoms with van der Waals surface area (Å²) < 4.78 is 11.3. The minimum absolute atomic E-state index is 0.131. The molecule has 1 aromatic carbocycles. The van der Waals surface area contributed by atoms with Gasteiger partial charge in [0.05, 0.1) is 17.9 Å². The van der Waals surface area contributed by atoms with Gasteiger partial charge in [-0.25, -0.2) is 0 Å². The SMILES string of the molecule is CCOc1ccccc1-c1nnc(SCC(=O)N2CCCCC2C)o1. The zero-order valence-electron chi connectivity index (χ0n) is 14.6. The summed E-state index contributed by atoms with van der Waals surface area (Å²) in [6.07, 6.45) is 3.36. The molecule has 0 spiro atoms. The number of likely N-dealkylation sites (tertiary alicyclic amines) is 1. The molecule has 0 saturated carbocycles. The number of carbonyl (C=O) groups is 1. The van der Waals surface area contributed by atoms with Gasteiger partial charge in [0.2, 0.25) is 5.91 Å². The van der Waals surface area contributed by atoms with Crippen LogP contribution >= 0.6 is 11.8 Å². The molecular weight excluding hydrogens is 338 g/mol. The minimum Gasteiger partial charge on any atom is -0.493 e. The lowest BCUT2D eigenvalue weighted by molar-refractivity contribution is -0.131. The van der Waals surface area contributed by atoms with Crippen LogP contribution in [-0.4, -0.2) is 46.0 Å². The Labute approximate surface area is 151 Å². The molecule has 2 heterocycles. The second kappa shape index (κ2) is 8.38. The lowest BCUT2D eigenvalue weighted by atomic mass is 10.0. The number of benzene rings is 1. The molecule has 0 N–H and O–H groups in total. The molecule has 134 valence electrons. The quantitative estimate of drug-likeness (QED) is 0.732. The summed E-state index contributed by atoms with van der Waals surface area (Å²) in [5.41, 5.74) is 0.764. The Bertz CT molecular complexity index is 719. The van der Waals surface area contributed by atoms with E-state index in [9.17, 15) is 4.79 Å². The number of piperidine rings is 1. The average Bonchev–Trinajstić information content (AvgIpc) is 3.10. The maximum absolute atomic E-state index is 12.4. The summed E-state index contributed by atoms with van der Waals surface area (Å²) in [5.74, 6) is 1.57. The monoisotopic (exact) mass is 361 g/mol. The third-order valence-electron chi connectivity index (χ3n) is 4.27. The Kier molecular flexibility index (Phi) is 5.96. The molecule has 1 fully saturated rings. The zero-order chi connectivity index (χ0) is 17.6. The first-order valence-electron chi connectivity index (χ1n) is 8.67. The van der Waals surface area contributed by atoms with Gasteiger partial charge in [-0.3, -0.25) is 4.79 Å². The molecule has 1 aliphatic heterocycles. The third-order valence-corrected chi connectivity index (χ3v) is 5.07. The molecule has 1 aliphatic rings. The minimum atomic E-state index is 0.131. The third kappa shape index (κ3) is 4.34. The van der Waals surface area contributed by atoms with Crippen molar-refractivity contribution in [2.75, 3.05) is 18.9 Å². The topological polar surface area (TPSA) is 68.5 Å². The van der Waals surface area contributed by atoms with E-state index in [2.05, 4.69) is 17.1 Å². The molecule has 0 bridgehead atoms. The van der Waals surface area contributed by atoms with Gasteiger partial charge in [0.15, 0.2) is 0 Å². The first-order chi connectivity index (χ1) is 12.2. The van der Waals surface area contributed by atoms with Crippen LogP contribution in [0.4, 0.5) is 0 Å². The fraction of sp³-hybridized carbons (Fsp3) is 0.500. The van der Waals surface area contributed by atoms with Gasteiger partial charge in [-0.1, -0.05) is 23.9 Å². The number of rotatable bonds is 6. The molecule has 1 atom stereocenters. The van der Waals surface area contributed by atoms with Crippen molar-refractivity contribution in [2.24, 2.45) is 0 Å². The van der Waals surface area contributed by atoms with Gasteiger partial charge in [0, 0.05) is 12.6 Å². The highest BCUT2D eigenvalue weighted by Gasteiger charge is 2.23. The Morgan fingerprint density at radius 3 is 3.00 bits per heavy atom. The van der Waals surface area contributed by atoms with Crippen LogP contribution < -0.4 is 4.74 Å². The van der Waals surface area contributed by atoms with E-state index in [0.717, 1.165) is 24.9 Å². The van der Waals surface area contributed by atoms with E-state index >= 15 is 0 Å². The fourth-order valence-corrected chi connectivity index (χ4v) is 3.63. The van der Waals surface area contributed by atoms with Crippen molar-refractivity contribution in [3.8, 4) is 17.2 Å². The van der Waals surface area contributed by atoms with Crippen LogP contribution in [0.3, 0.4) is 0 Å². The second-order valence-electron chi connectivity index (χ2n) is 6.02. The zero-order valence-corrected chi connectivity index (χ0v) is 15.4. The van der Waals surface area contributed by atoms with E-state index in [1.807, 2.05) is 36.1 Å². The standard InChI is InChI=1S/C18H23N3O3S/c1-3-23-15-10-5-4-9-14(15)17-19-20-18(24-17)25-12-16(22)21-11-7-6-8-13(21)2/h4-5,9-10,13H,3,6-8,11-12H2,1-2H3. The van der Waals surface area contributed by atoms with Crippen LogP contribution in [0.25, 0.3) is 11.5 Å². The number of aromatic nitrogens is 2. The Morgan fingerprint density at radius 2 is 2.20 bits per heavy atom. The molecule has 1 saturated heterocycles. The lowest BCUT2D eigenvalue weighted by Gasteiger charge is -2.33. The van der Waals surface area contributed by atoms with Gasteiger partial charge in [-0.05, 0) is 45.2 Å². The molecular formula is C18H23N3O3S. The summed E-state index contributed by atoms with van der Waals surface area (Å²) in [7, 11) is 0. The highest BCUT2D eigenvalue weighted by molar-refractivity contribution is 7.99. The van der Waals surface area contributed by atoms with Crippen LogP contribution in [0, 0.1) is 0 Å². The average molecular weight is 361 g/mol. The van der Waals surface area contributed by atoms with Crippen LogP contribution in [-0.2, 0) is 4.79 Å². The Hall–Kier alpha value is -2.02. The van der Waals surface area contributed by atoms with E-state index in [4.69, 9.17) is 9.15 Å². The largest absolute Gasteiger partial charge is 0.493 e. The Balaban J connectivity index is 1.63. The van der Waals surface area contributed by atoms with Gasteiger partial charge < -0.3 is 14.1 Å². The summed E-state index contributed by atoms with van der Waals surface area (Å²) in [6.45, 7) is 5.45. The second-order valence-corrected chi connectivity index (χ2v) is 6.95. The number of carbonyl (C=O) groups excluding carboxylic acids is 1. The summed E-state index contributed by atoms with van der Waals surface area (Å²) in [4.78, 5) is 14.3. The van der Waals surface area contributed by atoms with Crippen LogP contribution in [0.5, 0.6) is 5.75 Å². The predicted molar refractivity (Wildman–Crippen MR) is 96.7 cm³/mol. The maximum atomic E-state index is 12.4. The van der Waals surface area contributed by atoms with Gasteiger partial charge in [-0.2, -0.15) is 0 Å². The van der Waals surface area contributed by atoms with Crippen molar-refractivity contribution in [1.29, 1.82) is 0 Å². The maximum Gasteiger partial charge on any atom is 0.277 e. The number of hydrogen-bond donors (Lipinski definition) is 0. The van der Waals surface area contributed by atoms with Crippen molar-refractivity contribution >= 4 is 17.7 Å². The van der Waals surface area contributed by atoms with Crippen molar-refractivity contribution in [3.63, 3.8) is 0 Å². The highest BCUT2D eigenvalue weighted by atomic mass is 32.2. The van der Waals surface area contributed by atoms with Crippen molar-refractivity contribution in [1.82, 2.24) is 15.1 Å². The van der Waals surface area contributed by atoms with E-state index in [1.54, 1.807) is 0 Å². The molecule has 1 amide bonds. The van der Waals surface area contributed by atoms with Gasteiger partial charge in [-0.15, -0.1) is 10.2 Å². The van der Waals surface area contributed by atoms with Gasteiger partial charge in [0.1, 0.15) is 5.75 Å². The molecule has 3 rings (SSSR count).